The Kier molecular flexibility index (Phi) is 21.1. The third-order valence-corrected chi connectivity index (χ3v) is 25.2. The van der Waals surface area contributed by atoms with Crippen molar-refractivity contribution >= 4 is 5.97 Å². The maximum atomic E-state index is 15.4. The maximum absolute atomic E-state index is 15.4. The van der Waals surface area contributed by atoms with Crippen LogP contribution in [0.4, 0.5) is 0 Å². The SMILES string of the molecule is C[C@H]1OC(O[C@@H]2C(CO)O[C@@](O)(OCC3O[C@@](O)(OC(=O)[C@@H]4CC(C)(C)C[C@H]5C6=CCC7[C@@]8(C)CC[C@H](OC9(C%10OC[C@H](O)[C@@H](O)[C@H]%10O)O[C@H](C)[C@@H](O)[C@H](O)[C@@H]9O)[C@@](C)(CO)C8CC[C@@]7(C)[C@]6(C)CCC45)[C@@H](OC4OC[C@H](O)[C@@H](O)[C@@H]4O)C(O)[C@@H]3O)[C@@H](O)C2O)[C@@H](O)[C@@H](O)[C@@H]1O. The summed E-state index contributed by atoms with van der Waals surface area (Å²) in [7, 11) is 0. The molecule has 0 aromatic rings. The third-order valence-electron chi connectivity index (χ3n) is 25.2. The molecule has 38 atom stereocenters. The van der Waals surface area contributed by atoms with E-state index in [1.165, 1.54) is 13.8 Å². The molecular formula is C64H104O32. The topological polar surface area (TPSA) is 523 Å². The van der Waals surface area contributed by atoms with Crippen molar-refractivity contribution in [3.63, 3.8) is 0 Å². The second kappa shape index (κ2) is 26.9. The molecule has 11 rings (SSSR count). The second-order valence-corrected chi connectivity index (χ2v) is 31.4. The number of esters is 1. The fourth-order valence-electron chi connectivity index (χ4n) is 19.5. The summed E-state index contributed by atoms with van der Waals surface area (Å²) < 4.78 is 64.4. The molecule has 0 bridgehead atoms. The first-order valence-corrected chi connectivity index (χ1v) is 33.8. The third kappa shape index (κ3) is 12.2. The Balaban J connectivity index is 0.839. The lowest BCUT2D eigenvalue weighted by atomic mass is 9.34. The molecule has 0 spiro atoms. The highest BCUT2D eigenvalue weighted by Gasteiger charge is 2.72. The van der Waals surface area contributed by atoms with Crippen molar-refractivity contribution < 1.29 is 159 Å². The van der Waals surface area contributed by atoms with Crippen LogP contribution in [0.1, 0.15) is 113 Å². The minimum atomic E-state index is -3.47. The lowest BCUT2D eigenvalue weighted by molar-refractivity contribution is -0.479. The van der Waals surface area contributed by atoms with Crippen LogP contribution in [-0.4, -0.2) is 318 Å². The van der Waals surface area contributed by atoms with E-state index >= 15 is 4.79 Å². The minimum Gasteiger partial charge on any atom is -0.405 e. The Morgan fingerprint density at radius 1 is 0.594 bits per heavy atom. The second-order valence-electron chi connectivity index (χ2n) is 31.4. The van der Waals surface area contributed by atoms with Gasteiger partial charge in [0.2, 0.25) is 5.79 Å². The monoisotopic (exact) mass is 1380 g/mol. The number of rotatable bonds is 14. The summed E-state index contributed by atoms with van der Waals surface area (Å²) >= 11 is 0. The molecule has 0 radical (unpaired) electrons. The first kappa shape index (κ1) is 75.2. The van der Waals surface area contributed by atoms with Crippen LogP contribution in [0.15, 0.2) is 11.6 Å². The Morgan fingerprint density at radius 2 is 1.23 bits per heavy atom. The van der Waals surface area contributed by atoms with E-state index in [0.717, 1.165) is 5.57 Å². The van der Waals surface area contributed by atoms with E-state index < -0.39 is 255 Å². The lowest BCUT2D eigenvalue weighted by Gasteiger charge is -2.71. The van der Waals surface area contributed by atoms with Crippen LogP contribution < -0.4 is 0 Å². The van der Waals surface area contributed by atoms with Gasteiger partial charge in [0.05, 0.1) is 57.3 Å². The molecule has 0 aromatic heterocycles. The van der Waals surface area contributed by atoms with Crippen molar-refractivity contribution in [2.75, 3.05) is 33.0 Å². The van der Waals surface area contributed by atoms with Crippen molar-refractivity contribution in [3.8, 4) is 0 Å². The van der Waals surface area contributed by atoms with Gasteiger partial charge in [0.15, 0.2) is 24.8 Å². The van der Waals surface area contributed by atoms with Gasteiger partial charge in [-0.15, -0.1) is 0 Å². The predicted molar refractivity (Wildman–Crippen MR) is 317 cm³/mol. The number of carbonyl (C=O) groups is 1. The Bertz CT molecular complexity index is 2770. The fraction of sp³-hybridized carbons (Fsp3) is 0.953. The molecule has 0 amide bonds. The zero-order chi connectivity index (χ0) is 70.4. The first-order chi connectivity index (χ1) is 44.7. The summed E-state index contributed by atoms with van der Waals surface area (Å²) in [6.07, 6.45) is -40.8. The number of aliphatic hydroxyl groups is 20. The van der Waals surface area contributed by atoms with E-state index in [-0.39, 0.29) is 30.6 Å². The number of hydrogen-bond acceptors (Lipinski definition) is 32. The summed E-state index contributed by atoms with van der Waals surface area (Å²) in [4.78, 5) is 15.4. The molecule has 6 aliphatic heterocycles. The van der Waals surface area contributed by atoms with Crippen LogP contribution in [0.25, 0.3) is 0 Å². The molecule has 32 heteroatoms. The van der Waals surface area contributed by atoms with Crippen LogP contribution in [-0.2, 0) is 56.9 Å². The molecule has 32 nitrogen and oxygen atoms in total. The molecule has 11 unspecified atom stereocenters. The first-order valence-electron chi connectivity index (χ1n) is 33.8. The summed E-state index contributed by atoms with van der Waals surface area (Å²) in [5.41, 5.74) is -1.87. The van der Waals surface area contributed by atoms with Gasteiger partial charge in [-0.3, -0.25) is 4.79 Å². The van der Waals surface area contributed by atoms with E-state index in [0.29, 0.717) is 44.9 Å². The molecule has 5 aliphatic carbocycles. The summed E-state index contributed by atoms with van der Waals surface area (Å²) in [6.45, 7) is 11.7. The number of allylic oxidation sites excluding steroid dienone is 2. The Hall–Kier alpha value is -1.99. The van der Waals surface area contributed by atoms with Gasteiger partial charge in [0, 0.05) is 5.41 Å². The maximum Gasteiger partial charge on any atom is 0.357 e. The molecule has 6 saturated heterocycles. The Labute approximate surface area is 554 Å². The highest BCUT2D eigenvalue weighted by molar-refractivity contribution is 5.74. The normalized spacial score (nSPS) is 56.7. The standard InChI is InChI=1S/C64H104O32/c1-24-37(69)42(74)47(79)56(89-24)90-49-32(19-65)93-63(84,51(82)48(49)80)88-22-33-41(73)45(77)53(91-55-46(78)40(72)31(68)21-87-55)64(85,94-33)96-54(83)28-18-57(3,4)17-27-26(28)11-15-60(7)29(27)9-10-35-58(5)14-13-36(59(6,23-66)34(58)12-16-61(35,60)8)95-62(50(81)43(75)38(70)25(2)92-62)52-44(76)39(71)30(67)20-86-52/h9,24-28,30-53,55-56,65-82,84-85H,10-23H2,1-8H3/t24-,25-,26?,27-,28-,30+,31+,32?,33?,34?,35?,36+,37-,38-,39-,40-,41-,42+,43+,44-,45?,46+,47+,48?,49-,50+,51+,52?,53+,55?,56?,58+,59+,60-,61-,62?,63+,64-/m1/s1. The van der Waals surface area contributed by atoms with Crippen LogP contribution in [0.2, 0.25) is 0 Å². The number of carbonyl (C=O) groups excluding carboxylic acids is 1. The average molecular weight is 1390 g/mol. The molecule has 11 aliphatic rings. The van der Waals surface area contributed by atoms with Crippen molar-refractivity contribution in [1.82, 2.24) is 0 Å². The van der Waals surface area contributed by atoms with Crippen LogP contribution in [0, 0.1) is 56.7 Å². The average Bonchev–Trinajstić information content (AvgIpc) is 0.679. The minimum absolute atomic E-state index is 0.00115. The Morgan fingerprint density at radius 3 is 1.90 bits per heavy atom. The summed E-state index contributed by atoms with van der Waals surface area (Å²) in [6, 6.07) is 0. The van der Waals surface area contributed by atoms with E-state index in [1.807, 2.05) is 20.8 Å². The van der Waals surface area contributed by atoms with E-state index in [4.69, 9.17) is 52.1 Å². The molecule has 6 heterocycles. The van der Waals surface area contributed by atoms with Gasteiger partial charge in [0.25, 0.3) is 0 Å². The summed E-state index contributed by atoms with van der Waals surface area (Å²) in [5, 5.41) is 222. The zero-order valence-electron chi connectivity index (χ0n) is 55.2. The lowest BCUT2D eigenvalue weighted by Crippen LogP contribution is -2.75. The van der Waals surface area contributed by atoms with E-state index in [9.17, 15) is 102 Å². The number of fused-ring (bicyclic) bond motifs is 7. The molecule has 10 fully saturated rings. The predicted octanol–water partition coefficient (Wildman–Crippen LogP) is -6.20. The van der Waals surface area contributed by atoms with Gasteiger partial charge in [0.1, 0.15) is 116 Å². The molecule has 0 aromatic carbocycles. The highest BCUT2D eigenvalue weighted by Crippen LogP contribution is 2.75. The van der Waals surface area contributed by atoms with Gasteiger partial charge in [-0.1, -0.05) is 53.2 Å². The molecule has 96 heavy (non-hydrogen) atoms. The largest absolute Gasteiger partial charge is 0.405 e. The number of aliphatic hydroxyl groups excluding tert-OH is 18. The van der Waals surface area contributed by atoms with Crippen LogP contribution >= 0.6 is 0 Å². The molecule has 20 N–H and O–H groups in total. The smallest absolute Gasteiger partial charge is 0.357 e. The zero-order valence-corrected chi connectivity index (χ0v) is 55.2. The molecule has 4 saturated carbocycles. The van der Waals surface area contributed by atoms with Crippen molar-refractivity contribution in [2.24, 2.45) is 56.7 Å². The van der Waals surface area contributed by atoms with Gasteiger partial charge in [-0.05, 0) is 117 Å². The highest BCUT2D eigenvalue weighted by atomic mass is 16.9. The summed E-state index contributed by atoms with van der Waals surface area (Å²) in [5.74, 6) is -12.2. The molecule has 552 valence electrons. The van der Waals surface area contributed by atoms with Crippen molar-refractivity contribution in [3.05, 3.63) is 11.6 Å². The van der Waals surface area contributed by atoms with Gasteiger partial charge in [-0.25, -0.2) is 0 Å². The van der Waals surface area contributed by atoms with Crippen molar-refractivity contribution in [2.45, 2.75) is 290 Å². The van der Waals surface area contributed by atoms with Crippen LogP contribution in [0.3, 0.4) is 0 Å². The quantitative estimate of drug-likeness (QED) is 0.0333. The fourth-order valence-corrected chi connectivity index (χ4v) is 19.5. The van der Waals surface area contributed by atoms with Crippen molar-refractivity contribution in [1.29, 1.82) is 0 Å². The van der Waals surface area contributed by atoms with Crippen LogP contribution in [0.5, 0.6) is 0 Å². The number of hydrogen-bond donors (Lipinski definition) is 20. The van der Waals surface area contributed by atoms with E-state index in [1.54, 1.807) is 0 Å². The number of ether oxygens (including phenoxy) is 11. The van der Waals surface area contributed by atoms with Gasteiger partial charge < -0.3 is 154 Å². The van der Waals surface area contributed by atoms with Gasteiger partial charge in [-0.2, -0.15) is 0 Å². The molecular weight excluding hydrogens is 1280 g/mol. The van der Waals surface area contributed by atoms with Gasteiger partial charge >= 0.3 is 17.9 Å². The van der Waals surface area contributed by atoms with E-state index in [2.05, 4.69) is 26.8 Å².